The Morgan fingerprint density at radius 3 is 1.88 bits per heavy atom. The lowest BCUT2D eigenvalue weighted by Crippen LogP contribution is -2.27. The highest BCUT2D eigenvalue weighted by atomic mass is 16.2. The van der Waals surface area contributed by atoms with Crippen LogP contribution >= 0.6 is 0 Å². The average molecular weight is 360 g/mol. The highest BCUT2D eigenvalue weighted by Crippen LogP contribution is 2.12. The summed E-state index contributed by atoms with van der Waals surface area (Å²) in [6.45, 7) is 4.24. The highest BCUT2D eigenvalue weighted by Gasteiger charge is 2.16. The third kappa shape index (κ3) is 13.0. The van der Waals surface area contributed by atoms with Gasteiger partial charge in [-0.2, -0.15) is 0 Å². The van der Waals surface area contributed by atoms with Gasteiger partial charge in [-0.3, -0.25) is 4.79 Å². The van der Waals surface area contributed by atoms with Crippen LogP contribution in [0.1, 0.15) is 96.8 Å². The first-order valence-electron chi connectivity index (χ1n) is 11.1. The largest absolute Gasteiger partial charge is 0.343 e. The van der Waals surface area contributed by atoms with Gasteiger partial charge >= 0.3 is 0 Å². The summed E-state index contributed by atoms with van der Waals surface area (Å²) in [5, 5.41) is 0. The Hall–Kier alpha value is -1.31. The number of allylic oxidation sites excluding steroid dienone is 6. The van der Waals surface area contributed by atoms with Gasteiger partial charge < -0.3 is 4.90 Å². The van der Waals surface area contributed by atoms with E-state index in [9.17, 15) is 4.79 Å². The molecule has 1 amide bonds. The number of unbranched alkanes of at least 4 members (excludes halogenated alkanes) is 7. The molecular weight excluding hydrogens is 318 g/mol. The molecule has 0 N–H and O–H groups in total. The Kier molecular flexibility index (Phi) is 15.0. The van der Waals surface area contributed by atoms with Gasteiger partial charge in [0.05, 0.1) is 0 Å². The Morgan fingerprint density at radius 2 is 1.27 bits per heavy atom. The summed E-state index contributed by atoms with van der Waals surface area (Å²) in [5.41, 5.74) is 0. The maximum Gasteiger partial charge on any atom is 0.222 e. The normalized spacial score (nSPS) is 15.2. The van der Waals surface area contributed by atoms with E-state index in [1.54, 1.807) is 0 Å². The molecule has 1 aliphatic heterocycles. The van der Waals surface area contributed by atoms with Gasteiger partial charge in [-0.05, 0) is 57.8 Å². The summed E-state index contributed by atoms with van der Waals surface area (Å²) in [5.74, 6) is 0.380. The first-order valence-corrected chi connectivity index (χ1v) is 11.1. The van der Waals surface area contributed by atoms with E-state index in [-0.39, 0.29) is 0 Å². The van der Waals surface area contributed by atoms with Crippen LogP contribution in [-0.2, 0) is 4.79 Å². The van der Waals surface area contributed by atoms with Gasteiger partial charge in [0.2, 0.25) is 5.91 Å². The van der Waals surface area contributed by atoms with Crippen molar-refractivity contribution >= 4 is 5.91 Å². The SMILES string of the molecule is CCCCC/C=C/C/C=C/C/C=C/CCCCCCC(=O)N1CCCC1. The van der Waals surface area contributed by atoms with Crippen LogP contribution in [0.5, 0.6) is 0 Å². The van der Waals surface area contributed by atoms with E-state index in [0.29, 0.717) is 5.91 Å². The van der Waals surface area contributed by atoms with E-state index in [1.807, 2.05) is 4.90 Å². The molecule has 2 heteroatoms. The third-order valence-corrected chi connectivity index (χ3v) is 4.99. The topological polar surface area (TPSA) is 20.3 Å². The summed E-state index contributed by atoms with van der Waals surface area (Å²) in [7, 11) is 0. The second-order valence-corrected chi connectivity index (χ2v) is 7.42. The molecule has 1 rings (SSSR count). The molecule has 0 atom stereocenters. The lowest BCUT2D eigenvalue weighted by Gasteiger charge is -2.14. The molecular formula is C24H41NO. The van der Waals surface area contributed by atoms with E-state index in [0.717, 1.165) is 38.8 Å². The zero-order chi connectivity index (χ0) is 18.7. The van der Waals surface area contributed by atoms with Gasteiger partial charge in [-0.1, -0.05) is 69.1 Å². The van der Waals surface area contributed by atoms with Crippen molar-refractivity contribution in [2.75, 3.05) is 13.1 Å². The maximum atomic E-state index is 11.9. The van der Waals surface area contributed by atoms with E-state index in [4.69, 9.17) is 0 Å². The minimum Gasteiger partial charge on any atom is -0.343 e. The predicted octanol–water partition coefficient (Wildman–Crippen LogP) is 6.98. The van der Waals surface area contributed by atoms with Crippen molar-refractivity contribution in [1.82, 2.24) is 4.90 Å². The first kappa shape index (κ1) is 22.7. The van der Waals surface area contributed by atoms with Gasteiger partial charge in [-0.25, -0.2) is 0 Å². The molecule has 1 saturated heterocycles. The van der Waals surface area contributed by atoms with Crippen molar-refractivity contribution in [3.05, 3.63) is 36.5 Å². The minimum absolute atomic E-state index is 0.380. The van der Waals surface area contributed by atoms with Gasteiger partial charge in [0.15, 0.2) is 0 Å². The van der Waals surface area contributed by atoms with Gasteiger partial charge in [0.1, 0.15) is 0 Å². The molecule has 1 aliphatic rings. The molecule has 0 radical (unpaired) electrons. The summed E-state index contributed by atoms with van der Waals surface area (Å²) in [6.07, 6.45) is 30.1. The molecule has 26 heavy (non-hydrogen) atoms. The van der Waals surface area contributed by atoms with Crippen LogP contribution in [0.25, 0.3) is 0 Å². The van der Waals surface area contributed by atoms with Crippen LogP contribution in [0.4, 0.5) is 0 Å². The Bertz CT molecular complexity index is 416. The van der Waals surface area contributed by atoms with Crippen LogP contribution in [0.3, 0.4) is 0 Å². The smallest absolute Gasteiger partial charge is 0.222 e. The highest BCUT2D eigenvalue weighted by molar-refractivity contribution is 5.76. The Balaban J connectivity index is 1.84. The van der Waals surface area contributed by atoms with Crippen molar-refractivity contribution in [3.8, 4) is 0 Å². The number of hydrogen-bond donors (Lipinski definition) is 0. The Morgan fingerprint density at radius 1 is 0.731 bits per heavy atom. The lowest BCUT2D eigenvalue weighted by molar-refractivity contribution is -0.130. The van der Waals surface area contributed by atoms with Crippen LogP contribution < -0.4 is 0 Å². The number of carbonyl (C=O) groups is 1. The molecule has 0 bridgehead atoms. The van der Waals surface area contributed by atoms with E-state index in [1.165, 1.54) is 64.2 Å². The summed E-state index contributed by atoms with van der Waals surface area (Å²) < 4.78 is 0. The number of rotatable bonds is 15. The lowest BCUT2D eigenvalue weighted by atomic mass is 10.1. The van der Waals surface area contributed by atoms with Crippen LogP contribution in [0.2, 0.25) is 0 Å². The van der Waals surface area contributed by atoms with Crippen molar-refractivity contribution in [1.29, 1.82) is 0 Å². The van der Waals surface area contributed by atoms with E-state index in [2.05, 4.69) is 43.4 Å². The number of nitrogens with zero attached hydrogens (tertiary/aromatic N) is 1. The van der Waals surface area contributed by atoms with Crippen LogP contribution in [0.15, 0.2) is 36.5 Å². The van der Waals surface area contributed by atoms with E-state index >= 15 is 0 Å². The molecule has 0 spiro atoms. The van der Waals surface area contributed by atoms with Crippen LogP contribution in [0, 0.1) is 0 Å². The monoisotopic (exact) mass is 359 g/mol. The molecule has 2 nitrogen and oxygen atoms in total. The fourth-order valence-corrected chi connectivity index (χ4v) is 3.31. The minimum atomic E-state index is 0.380. The first-order chi connectivity index (χ1) is 12.8. The number of carbonyl (C=O) groups excluding carboxylic acids is 1. The van der Waals surface area contributed by atoms with Gasteiger partial charge in [0, 0.05) is 19.5 Å². The fourth-order valence-electron chi connectivity index (χ4n) is 3.31. The van der Waals surface area contributed by atoms with Crippen molar-refractivity contribution in [2.45, 2.75) is 96.8 Å². The molecule has 0 aromatic rings. The zero-order valence-corrected chi connectivity index (χ0v) is 17.1. The summed E-state index contributed by atoms with van der Waals surface area (Å²) in [6, 6.07) is 0. The molecule has 0 aliphatic carbocycles. The van der Waals surface area contributed by atoms with E-state index < -0.39 is 0 Å². The molecule has 1 fully saturated rings. The van der Waals surface area contributed by atoms with Gasteiger partial charge in [0.25, 0.3) is 0 Å². The molecule has 148 valence electrons. The zero-order valence-electron chi connectivity index (χ0n) is 17.1. The van der Waals surface area contributed by atoms with Crippen LogP contribution in [-0.4, -0.2) is 23.9 Å². The summed E-state index contributed by atoms with van der Waals surface area (Å²) in [4.78, 5) is 14.0. The molecule has 0 aromatic heterocycles. The van der Waals surface area contributed by atoms with Gasteiger partial charge in [-0.15, -0.1) is 0 Å². The fraction of sp³-hybridized carbons (Fsp3) is 0.708. The molecule has 0 unspecified atom stereocenters. The van der Waals surface area contributed by atoms with Crippen molar-refractivity contribution < 1.29 is 4.79 Å². The Labute approximate surface area is 162 Å². The molecule has 1 heterocycles. The van der Waals surface area contributed by atoms with Crippen molar-refractivity contribution in [3.63, 3.8) is 0 Å². The molecule has 0 aromatic carbocycles. The predicted molar refractivity (Wildman–Crippen MR) is 114 cm³/mol. The average Bonchev–Trinajstić information content (AvgIpc) is 3.19. The number of likely N-dealkylation sites (tertiary alicyclic amines) is 1. The number of hydrogen-bond acceptors (Lipinski definition) is 1. The van der Waals surface area contributed by atoms with Crippen molar-refractivity contribution in [2.24, 2.45) is 0 Å². The maximum absolute atomic E-state index is 11.9. The second kappa shape index (κ2) is 17.1. The third-order valence-electron chi connectivity index (χ3n) is 4.99. The summed E-state index contributed by atoms with van der Waals surface area (Å²) >= 11 is 0. The molecule has 0 saturated carbocycles. The number of amides is 1. The quantitative estimate of drug-likeness (QED) is 0.228. The standard InChI is InChI=1S/C24H41NO/c1-2-3-4-5-6-7-8-9-10-11-12-13-14-15-16-17-18-21-24(26)25-22-19-20-23-25/h6-7,9-10,12-13H,2-5,8,11,14-23H2,1H3/b7-6+,10-9+,13-12+. The second-order valence-electron chi connectivity index (χ2n) is 7.42.